The van der Waals surface area contributed by atoms with Crippen molar-refractivity contribution >= 4 is 27.6 Å². The molecule has 0 fully saturated rings. The highest BCUT2D eigenvalue weighted by Gasteiger charge is 2.12. The minimum absolute atomic E-state index is 0.136. The molecular weight excluding hydrogens is 344 g/mol. The van der Waals surface area contributed by atoms with Crippen LogP contribution < -0.4 is 5.32 Å². The van der Waals surface area contributed by atoms with Gasteiger partial charge in [0.2, 0.25) is 0 Å². The first kappa shape index (κ1) is 15.4. The first-order chi connectivity index (χ1) is 10.0. The van der Waals surface area contributed by atoms with E-state index in [-0.39, 0.29) is 11.4 Å². The van der Waals surface area contributed by atoms with Crippen molar-refractivity contribution in [2.45, 2.75) is 6.54 Å². The molecule has 21 heavy (non-hydrogen) atoms. The van der Waals surface area contributed by atoms with Crippen LogP contribution in [0.15, 0.2) is 40.9 Å². The van der Waals surface area contributed by atoms with Gasteiger partial charge in [-0.1, -0.05) is 6.07 Å². The van der Waals surface area contributed by atoms with Crippen molar-refractivity contribution in [1.29, 1.82) is 0 Å². The lowest BCUT2D eigenvalue weighted by molar-refractivity contribution is 0.0595. The van der Waals surface area contributed by atoms with Crippen molar-refractivity contribution in [2.75, 3.05) is 12.4 Å². The summed E-state index contributed by atoms with van der Waals surface area (Å²) in [6.07, 6.45) is 0. The summed E-state index contributed by atoms with van der Waals surface area (Å²) < 4.78 is 31.5. The molecule has 0 saturated carbocycles. The van der Waals surface area contributed by atoms with Gasteiger partial charge in [-0.05, 0) is 51.8 Å². The van der Waals surface area contributed by atoms with E-state index in [1.165, 1.54) is 31.4 Å². The van der Waals surface area contributed by atoms with Crippen molar-refractivity contribution in [3.8, 4) is 0 Å². The second-order valence-electron chi connectivity index (χ2n) is 4.29. The number of hydrogen-bond donors (Lipinski definition) is 1. The molecule has 110 valence electrons. The molecule has 0 aliphatic rings. The van der Waals surface area contributed by atoms with E-state index in [1.54, 1.807) is 12.1 Å². The molecule has 0 aliphatic heterocycles. The van der Waals surface area contributed by atoms with Gasteiger partial charge >= 0.3 is 5.97 Å². The van der Waals surface area contributed by atoms with Crippen LogP contribution >= 0.6 is 15.9 Å². The SMILES string of the molecule is COC(=O)c1cc(NCc2ccc(F)c(Br)c2)ccc1F. The number of hydrogen-bond acceptors (Lipinski definition) is 3. The molecule has 0 heterocycles. The summed E-state index contributed by atoms with van der Waals surface area (Å²) in [7, 11) is 1.19. The zero-order valence-electron chi connectivity index (χ0n) is 11.1. The monoisotopic (exact) mass is 355 g/mol. The van der Waals surface area contributed by atoms with Gasteiger partial charge in [-0.3, -0.25) is 0 Å². The van der Waals surface area contributed by atoms with Gasteiger partial charge in [0.1, 0.15) is 11.6 Å². The highest BCUT2D eigenvalue weighted by atomic mass is 79.9. The Morgan fingerprint density at radius 1 is 1.19 bits per heavy atom. The topological polar surface area (TPSA) is 38.3 Å². The first-order valence-corrected chi connectivity index (χ1v) is 6.86. The third kappa shape index (κ3) is 3.78. The third-order valence-electron chi connectivity index (χ3n) is 2.85. The number of ether oxygens (including phenoxy) is 1. The third-order valence-corrected chi connectivity index (χ3v) is 3.46. The minimum Gasteiger partial charge on any atom is -0.465 e. The molecule has 2 aromatic carbocycles. The molecule has 1 N–H and O–H groups in total. The average Bonchev–Trinajstić information content (AvgIpc) is 2.49. The second-order valence-corrected chi connectivity index (χ2v) is 5.14. The number of esters is 1. The molecule has 0 bridgehead atoms. The van der Waals surface area contributed by atoms with Gasteiger partial charge in [-0.25, -0.2) is 13.6 Å². The Hall–Kier alpha value is -1.95. The minimum atomic E-state index is -0.735. The summed E-state index contributed by atoms with van der Waals surface area (Å²) in [5.74, 6) is -1.72. The van der Waals surface area contributed by atoms with Crippen LogP contribution in [0.3, 0.4) is 0 Å². The number of methoxy groups -OCH3 is 1. The summed E-state index contributed by atoms with van der Waals surface area (Å²) in [6.45, 7) is 0.408. The zero-order valence-corrected chi connectivity index (χ0v) is 12.7. The van der Waals surface area contributed by atoms with E-state index in [0.717, 1.165) is 5.56 Å². The molecule has 0 aliphatic carbocycles. The highest BCUT2D eigenvalue weighted by molar-refractivity contribution is 9.10. The van der Waals surface area contributed by atoms with Crippen molar-refractivity contribution in [3.63, 3.8) is 0 Å². The summed E-state index contributed by atoms with van der Waals surface area (Å²) in [5.41, 5.74) is 1.27. The first-order valence-electron chi connectivity index (χ1n) is 6.07. The Labute approximate surface area is 129 Å². The highest BCUT2D eigenvalue weighted by Crippen LogP contribution is 2.19. The van der Waals surface area contributed by atoms with Gasteiger partial charge in [0.15, 0.2) is 0 Å². The summed E-state index contributed by atoms with van der Waals surface area (Å²) in [4.78, 5) is 11.4. The number of nitrogens with one attached hydrogen (secondary N) is 1. The van der Waals surface area contributed by atoms with Gasteiger partial charge in [-0.2, -0.15) is 0 Å². The van der Waals surface area contributed by atoms with Crippen molar-refractivity contribution in [2.24, 2.45) is 0 Å². The lowest BCUT2D eigenvalue weighted by Gasteiger charge is -2.09. The van der Waals surface area contributed by atoms with Crippen LogP contribution in [0.2, 0.25) is 0 Å². The van der Waals surface area contributed by atoms with Gasteiger partial charge in [-0.15, -0.1) is 0 Å². The molecule has 2 aromatic rings. The Kier molecular flexibility index (Phi) is 4.90. The van der Waals surface area contributed by atoms with Gasteiger partial charge in [0, 0.05) is 12.2 Å². The largest absolute Gasteiger partial charge is 0.465 e. The molecule has 0 spiro atoms. The van der Waals surface area contributed by atoms with Crippen LogP contribution in [-0.4, -0.2) is 13.1 Å². The van der Waals surface area contributed by atoms with Gasteiger partial charge < -0.3 is 10.1 Å². The van der Waals surface area contributed by atoms with Gasteiger partial charge in [0.05, 0.1) is 17.1 Å². The second kappa shape index (κ2) is 6.67. The Morgan fingerprint density at radius 2 is 1.90 bits per heavy atom. The van der Waals surface area contributed by atoms with Crippen molar-refractivity contribution < 1.29 is 18.3 Å². The summed E-state index contributed by atoms with van der Waals surface area (Å²) in [5, 5.41) is 3.04. The molecule has 0 aromatic heterocycles. The van der Waals surface area contributed by atoms with Crippen LogP contribution in [0, 0.1) is 11.6 Å². The van der Waals surface area contributed by atoms with E-state index in [4.69, 9.17) is 0 Å². The number of carbonyl (C=O) groups excluding carboxylic acids is 1. The predicted octanol–water partition coefficient (Wildman–Crippen LogP) is 4.13. The molecule has 3 nitrogen and oxygen atoms in total. The van der Waals surface area contributed by atoms with E-state index < -0.39 is 11.8 Å². The molecule has 0 saturated heterocycles. The van der Waals surface area contributed by atoms with E-state index in [9.17, 15) is 13.6 Å². The van der Waals surface area contributed by atoms with E-state index in [1.807, 2.05) is 0 Å². The number of benzene rings is 2. The maximum absolute atomic E-state index is 13.5. The van der Waals surface area contributed by atoms with E-state index >= 15 is 0 Å². The number of rotatable bonds is 4. The van der Waals surface area contributed by atoms with Crippen molar-refractivity contribution in [1.82, 2.24) is 0 Å². The lowest BCUT2D eigenvalue weighted by atomic mass is 10.1. The predicted molar refractivity (Wildman–Crippen MR) is 79.2 cm³/mol. The van der Waals surface area contributed by atoms with Crippen molar-refractivity contribution in [3.05, 3.63) is 63.6 Å². The molecule has 2 rings (SSSR count). The fourth-order valence-corrected chi connectivity index (χ4v) is 2.18. The molecule has 0 amide bonds. The zero-order chi connectivity index (χ0) is 15.4. The summed E-state index contributed by atoms with van der Waals surface area (Å²) >= 11 is 3.11. The number of carbonyl (C=O) groups is 1. The Bertz CT molecular complexity index is 677. The average molecular weight is 356 g/mol. The van der Waals surface area contributed by atoms with Gasteiger partial charge in [0.25, 0.3) is 0 Å². The molecule has 6 heteroatoms. The van der Waals surface area contributed by atoms with E-state index in [2.05, 4.69) is 26.0 Å². The Morgan fingerprint density at radius 3 is 2.57 bits per heavy atom. The van der Waals surface area contributed by atoms with Crippen LogP contribution in [0.5, 0.6) is 0 Å². The maximum atomic E-state index is 13.5. The molecular formula is C15H12BrF2NO2. The molecule has 0 unspecified atom stereocenters. The number of anilines is 1. The smallest absolute Gasteiger partial charge is 0.340 e. The molecule has 0 atom stereocenters. The summed E-state index contributed by atoms with van der Waals surface area (Å²) in [6, 6.07) is 8.71. The quantitative estimate of drug-likeness (QED) is 0.838. The van der Waals surface area contributed by atoms with Crippen LogP contribution in [-0.2, 0) is 11.3 Å². The normalized spacial score (nSPS) is 10.3. The van der Waals surface area contributed by atoms with Crippen LogP contribution in [0.25, 0.3) is 0 Å². The fourth-order valence-electron chi connectivity index (χ4n) is 1.76. The number of halogens is 3. The van der Waals surface area contributed by atoms with Crippen LogP contribution in [0.4, 0.5) is 14.5 Å². The Balaban J connectivity index is 2.13. The molecule has 0 radical (unpaired) electrons. The maximum Gasteiger partial charge on any atom is 0.340 e. The van der Waals surface area contributed by atoms with E-state index in [0.29, 0.717) is 16.7 Å². The van der Waals surface area contributed by atoms with Crippen LogP contribution in [0.1, 0.15) is 15.9 Å². The lowest BCUT2D eigenvalue weighted by Crippen LogP contribution is -2.06. The standard InChI is InChI=1S/C15H12BrF2NO2/c1-21-15(20)11-7-10(3-5-13(11)17)19-8-9-2-4-14(18)12(16)6-9/h2-7,19H,8H2,1H3. The fraction of sp³-hybridized carbons (Fsp3) is 0.133.